The van der Waals surface area contributed by atoms with E-state index in [4.69, 9.17) is 5.73 Å². The SMILES string of the molecule is CC(N)(C(=O)N1CCN(c2ncccn2)CC1)C1CC1. The number of amides is 1. The lowest BCUT2D eigenvalue weighted by molar-refractivity contribution is -0.137. The Bertz CT molecular complexity index is 478. The highest BCUT2D eigenvalue weighted by atomic mass is 16.2. The number of nitrogens with zero attached hydrogens (tertiary/aromatic N) is 4. The molecule has 1 saturated carbocycles. The molecule has 2 fully saturated rings. The van der Waals surface area contributed by atoms with Crippen molar-refractivity contribution in [3.63, 3.8) is 0 Å². The van der Waals surface area contributed by atoms with Gasteiger partial charge in [0.1, 0.15) is 0 Å². The minimum Gasteiger partial charge on any atom is -0.338 e. The van der Waals surface area contributed by atoms with Crippen LogP contribution in [-0.4, -0.2) is 52.5 Å². The Kier molecular flexibility index (Phi) is 3.33. The zero-order valence-corrected chi connectivity index (χ0v) is 11.8. The molecular formula is C14H21N5O. The van der Waals surface area contributed by atoms with Crippen LogP contribution in [0.1, 0.15) is 19.8 Å². The van der Waals surface area contributed by atoms with Crippen molar-refractivity contribution in [3.8, 4) is 0 Å². The van der Waals surface area contributed by atoms with Gasteiger partial charge in [-0.25, -0.2) is 9.97 Å². The second-order valence-corrected chi connectivity index (χ2v) is 5.89. The number of anilines is 1. The Morgan fingerprint density at radius 1 is 1.25 bits per heavy atom. The number of hydrogen-bond donors (Lipinski definition) is 1. The topological polar surface area (TPSA) is 75.4 Å². The van der Waals surface area contributed by atoms with Crippen molar-refractivity contribution >= 4 is 11.9 Å². The summed E-state index contributed by atoms with van der Waals surface area (Å²) >= 11 is 0. The molecule has 1 unspecified atom stereocenters. The van der Waals surface area contributed by atoms with Crippen LogP contribution in [0.4, 0.5) is 5.95 Å². The summed E-state index contributed by atoms with van der Waals surface area (Å²) in [6.07, 6.45) is 5.64. The molecule has 1 amide bonds. The average Bonchev–Trinajstić information content (AvgIpc) is 3.33. The molecule has 1 aliphatic heterocycles. The summed E-state index contributed by atoms with van der Waals surface area (Å²) in [4.78, 5) is 25.0. The number of rotatable bonds is 3. The molecule has 1 aromatic heterocycles. The third-order valence-electron chi connectivity index (χ3n) is 4.29. The third-order valence-corrected chi connectivity index (χ3v) is 4.29. The van der Waals surface area contributed by atoms with Crippen molar-refractivity contribution in [3.05, 3.63) is 18.5 Å². The summed E-state index contributed by atoms with van der Waals surface area (Å²) in [5.41, 5.74) is 5.52. The van der Waals surface area contributed by atoms with Gasteiger partial charge in [-0.15, -0.1) is 0 Å². The van der Waals surface area contributed by atoms with Crippen LogP contribution in [-0.2, 0) is 4.79 Å². The van der Waals surface area contributed by atoms with Gasteiger partial charge in [0.25, 0.3) is 0 Å². The molecule has 0 aromatic carbocycles. The van der Waals surface area contributed by atoms with Crippen molar-refractivity contribution in [1.29, 1.82) is 0 Å². The molecule has 0 spiro atoms. The number of carbonyl (C=O) groups excluding carboxylic acids is 1. The lowest BCUT2D eigenvalue weighted by Crippen LogP contribution is -2.59. The minimum atomic E-state index is -0.689. The van der Waals surface area contributed by atoms with E-state index in [1.165, 1.54) is 0 Å². The number of carbonyl (C=O) groups is 1. The van der Waals surface area contributed by atoms with Crippen LogP contribution >= 0.6 is 0 Å². The molecule has 2 heterocycles. The first-order chi connectivity index (χ1) is 9.59. The Balaban J connectivity index is 1.60. The van der Waals surface area contributed by atoms with E-state index in [1.807, 2.05) is 11.8 Å². The molecule has 1 atom stereocenters. The van der Waals surface area contributed by atoms with Gasteiger partial charge >= 0.3 is 0 Å². The molecule has 6 nitrogen and oxygen atoms in total. The summed E-state index contributed by atoms with van der Waals surface area (Å²) in [5, 5.41) is 0. The predicted octanol–water partition coefficient (Wildman–Crippen LogP) is 0.253. The fourth-order valence-corrected chi connectivity index (χ4v) is 2.76. The van der Waals surface area contributed by atoms with E-state index in [0.29, 0.717) is 19.0 Å². The quantitative estimate of drug-likeness (QED) is 0.856. The normalized spacial score (nSPS) is 22.5. The van der Waals surface area contributed by atoms with Crippen LogP contribution in [0.2, 0.25) is 0 Å². The van der Waals surface area contributed by atoms with Gasteiger partial charge in [0.15, 0.2) is 0 Å². The zero-order valence-electron chi connectivity index (χ0n) is 11.8. The van der Waals surface area contributed by atoms with Crippen molar-refractivity contribution in [2.75, 3.05) is 31.1 Å². The van der Waals surface area contributed by atoms with Gasteiger partial charge in [-0.1, -0.05) is 0 Å². The summed E-state index contributed by atoms with van der Waals surface area (Å²) in [6, 6.07) is 1.80. The first kappa shape index (κ1) is 13.3. The average molecular weight is 275 g/mol. The molecule has 3 rings (SSSR count). The van der Waals surface area contributed by atoms with Gasteiger partial charge in [0.2, 0.25) is 11.9 Å². The molecule has 108 valence electrons. The van der Waals surface area contributed by atoms with Crippen LogP contribution < -0.4 is 10.6 Å². The Morgan fingerprint density at radius 2 is 1.85 bits per heavy atom. The lowest BCUT2D eigenvalue weighted by Gasteiger charge is -2.38. The van der Waals surface area contributed by atoms with E-state index in [-0.39, 0.29) is 5.91 Å². The molecular weight excluding hydrogens is 254 g/mol. The molecule has 2 N–H and O–H groups in total. The van der Waals surface area contributed by atoms with Crippen LogP contribution in [0.3, 0.4) is 0 Å². The van der Waals surface area contributed by atoms with Crippen molar-refractivity contribution < 1.29 is 4.79 Å². The summed E-state index contributed by atoms with van der Waals surface area (Å²) in [6.45, 7) is 4.78. The summed E-state index contributed by atoms with van der Waals surface area (Å²) in [5.74, 6) is 1.19. The van der Waals surface area contributed by atoms with Gasteiger partial charge in [0, 0.05) is 38.6 Å². The molecule has 1 aliphatic carbocycles. The molecule has 20 heavy (non-hydrogen) atoms. The smallest absolute Gasteiger partial charge is 0.242 e. The van der Waals surface area contributed by atoms with Gasteiger partial charge in [0.05, 0.1) is 5.54 Å². The molecule has 6 heteroatoms. The van der Waals surface area contributed by atoms with Gasteiger partial charge in [-0.2, -0.15) is 0 Å². The van der Waals surface area contributed by atoms with Gasteiger partial charge < -0.3 is 15.5 Å². The van der Waals surface area contributed by atoms with E-state index < -0.39 is 5.54 Å². The van der Waals surface area contributed by atoms with E-state index in [1.54, 1.807) is 18.5 Å². The first-order valence-corrected chi connectivity index (χ1v) is 7.19. The van der Waals surface area contributed by atoms with Crippen LogP contribution in [0, 0.1) is 5.92 Å². The zero-order chi connectivity index (χ0) is 14.2. The highest BCUT2D eigenvalue weighted by Crippen LogP contribution is 2.39. The maximum absolute atomic E-state index is 12.5. The van der Waals surface area contributed by atoms with Crippen molar-refractivity contribution in [2.45, 2.75) is 25.3 Å². The monoisotopic (exact) mass is 275 g/mol. The summed E-state index contributed by atoms with van der Waals surface area (Å²) in [7, 11) is 0. The predicted molar refractivity (Wildman–Crippen MR) is 76.1 cm³/mol. The van der Waals surface area contributed by atoms with Crippen LogP contribution in [0.25, 0.3) is 0 Å². The van der Waals surface area contributed by atoms with E-state index in [9.17, 15) is 4.79 Å². The van der Waals surface area contributed by atoms with Crippen molar-refractivity contribution in [1.82, 2.24) is 14.9 Å². The second-order valence-electron chi connectivity index (χ2n) is 5.89. The Labute approximate surface area is 119 Å². The number of piperazine rings is 1. The van der Waals surface area contributed by atoms with Crippen LogP contribution in [0.5, 0.6) is 0 Å². The van der Waals surface area contributed by atoms with Gasteiger partial charge in [-0.3, -0.25) is 4.79 Å². The molecule has 1 aromatic rings. The second kappa shape index (κ2) is 5.01. The summed E-state index contributed by atoms with van der Waals surface area (Å²) < 4.78 is 0. The van der Waals surface area contributed by atoms with E-state index in [0.717, 1.165) is 31.9 Å². The van der Waals surface area contributed by atoms with E-state index in [2.05, 4.69) is 14.9 Å². The largest absolute Gasteiger partial charge is 0.338 e. The van der Waals surface area contributed by atoms with Crippen LogP contribution in [0.15, 0.2) is 18.5 Å². The molecule has 0 bridgehead atoms. The third kappa shape index (κ3) is 2.47. The Morgan fingerprint density at radius 3 is 2.40 bits per heavy atom. The minimum absolute atomic E-state index is 0.0913. The van der Waals surface area contributed by atoms with Crippen molar-refractivity contribution in [2.24, 2.45) is 11.7 Å². The highest BCUT2D eigenvalue weighted by molar-refractivity contribution is 5.86. The maximum atomic E-state index is 12.5. The standard InChI is InChI=1S/C14H21N5O/c1-14(15,11-3-4-11)12(20)18-7-9-19(10-8-18)13-16-5-2-6-17-13/h2,5-6,11H,3-4,7-10,15H2,1H3. The lowest BCUT2D eigenvalue weighted by atomic mass is 9.95. The molecule has 2 aliphatic rings. The number of hydrogen-bond acceptors (Lipinski definition) is 5. The number of nitrogens with two attached hydrogens (primary N) is 1. The Hall–Kier alpha value is -1.69. The first-order valence-electron chi connectivity index (χ1n) is 7.19. The highest BCUT2D eigenvalue weighted by Gasteiger charge is 2.46. The molecule has 0 radical (unpaired) electrons. The maximum Gasteiger partial charge on any atom is 0.242 e. The van der Waals surface area contributed by atoms with E-state index >= 15 is 0 Å². The fourth-order valence-electron chi connectivity index (χ4n) is 2.76. The number of aromatic nitrogens is 2. The van der Waals surface area contributed by atoms with Gasteiger partial charge in [-0.05, 0) is 31.7 Å². The molecule has 1 saturated heterocycles. The fraction of sp³-hybridized carbons (Fsp3) is 0.643.